The van der Waals surface area contributed by atoms with Crippen molar-refractivity contribution in [1.29, 1.82) is 5.26 Å². The maximum Gasteiger partial charge on any atom is 0.241 e. The highest BCUT2D eigenvalue weighted by molar-refractivity contribution is 5.85. The first-order valence-electron chi connectivity index (χ1n) is 6.93. The number of imidazole rings is 1. The highest BCUT2D eigenvalue weighted by atomic mass is 16.2. The lowest BCUT2D eigenvalue weighted by Crippen LogP contribution is -2.43. The van der Waals surface area contributed by atoms with Crippen LogP contribution in [0.3, 0.4) is 0 Å². The molecule has 5 nitrogen and oxygen atoms in total. The molecule has 2 N–H and O–H groups in total. The molecule has 1 aliphatic carbocycles. The Bertz CT molecular complexity index is 454. The molecule has 5 heteroatoms. The molecule has 1 fully saturated rings. The SMILES string of the molecule is CCC(NC(=O)C1(C#N)CCCCC1)c1ncc[nH]1. The minimum atomic E-state index is -0.835. The van der Waals surface area contributed by atoms with Crippen molar-refractivity contribution in [2.75, 3.05) is 0 Å². The van der Waals surface area contributed by atoms with Gasteiger partial charge in [-0.05, 0) is 19.3 Å². The van der Waals surface area contributed by atoms with Crippen LogP contribution >= 0.6 is 0 Å². The van der Waals surface area contributed by atoms with E-state index in [1.807, 2.05) is 6.92 Å². The minimum Gasteiger partial charge on any atom is -0.347 e. The molecule has 0 bridgehead atoms. The average Bonchev–Trinajstić information content (AvgIpc) is 2.99. The van der Waals surface area contributed by atoms with Crippen molar-refractivity contribution >= 4 is 5.91 Å². The number of aromatic amines is 1. The Kier molecular flexibility index (Phi) is 4.20. The van der Waals surface area contributed by atoms with E-state index < -0.39 is 5.41 Å². The molecule has 1 aromatic heterocycles. The molecule has 1 heterocycles. The van der Waals surface area contributed by atoms with E-state index in [-0.39, 0.29) is 11.9 Å². The average molecular weight is 260 g/mol. The zero-order valence-corrected chi connectivity index (χ0v) is 11.3. The predicted molar refractivity (Wildman–Crippen MR) is 70.9 cm³/mol. The number of amides is 1. The van der Waals surface area contributed by atoms with E-state index in [0.29, 0.717) is 12.8 Å². The van der Waals surface area contributed by atoms with E-state index in [1.54, 1.807) is 12.4 Å². The summed E-state index contributed by atoms with van der Waals surface area (Å²) in [6.45, 7) is 1.99. The highest BCUT2D eigenvalue weighted by Crippen LogP contribution is 2.36. The van der Waals surface area contributed by atoms with E-state index >= 15 is 0 Å². The Balaban J connectivity index is 2.08. The number of nitrogens with zero attached hydrogens (tertiary/aromatic N) is 2. The summed E-state index contributed by atoms with van der Waals surface area (Å²) in [7, 11) is 0. The number of hydrogen-bond donors (Lipinski definition) is 2. The third-order valence-corrected chi connectivity index (χ3v) is 3.92. The number of nitrogens with one attached hydrogen (secondary N) is 2. The number of nitriles is 1. The number of carbonyl (C=O) groups is 1. The Hall–Kier alpha value is -1.83. The van der Waals surface area contributed by atoms with Crippen LogP contribution in [0, 0.1) is 16.7 Å². The molecule has 1 saturated carbocycles. The van der Waals surface area contributed by atoms with Crippen LogP contribution in [0.2, 0.25) is 0 Å². The van der Waals surface area contributed by atoms with Crippen molar-refractivity contribution in [2.24, 2.45) is 5.41 Å². The lowest BCUT2D eigenvalue weighted by atomic mass is 9.74. The largest absolute Gasteiger partial charge is 0.347 e. The molecule has 1 amide bonds. The second-order valence-corrected chi connectivity index (χ2v) is 5.16. The van der Waals surface area contributed by atoms with Gasteiger partial charge in [-0.1, -0.05) is 26.2 Å². The van der Waals surface area contributed by atoms with Crippen LogP contribution in [-0.2, 0) is 4.79 Å². The van der Waals surface area contributed by atoms with E-state index in [4.69, 9.17) is 0 Å². The van der Waals surface area contributed by atoms with Crippen molar-refractivity contribution in [2.45, 2.75) is 51.5 Å². The molecule has 0 aliphatic heterocycles. The van der Waals surface area contributed by atoms with Gasteiger partial charge in [-0.15, -0.1) is 0 Å². The summed E-state index contributed by atoms with van der Waals surface area (Å²) < 4.78 is 0. The predicted octanol–water partition coefficient (Wildman–Crippen LogP) is 2.45. The lowest BCUT2D eigenvalue weighted by Gasteiger charge is -2.30. The maximum atomic E-state index is 12.4. The summed E-state index contributed by atoms with van der Waals surface area (Å²) in [5.74, 6) is 0.609. The lowest BCUT2D eigenvalue weighted by molar-refractivity contribution is -0.130. The van der Waals surface area contributed by atoms with Crippen LogP contribution in [0.5, 0.6) is 0 Å². The van der Waals surface area contributed by atoms with Gasteiger partial charge in [0.2, 0.25) is 5.91 Å². The monoisotopic (exact) mass is 260 g/mol. The molecule has 19 heavy (non-hydrogen) atoms. The molecule has 2 rings (SSSR count). The van der Waals surface area contributed by atoms with Gasteiger partial charge < -0.3 is 10.3 Å². The molecule has 1 aromatic rings. The number of aromatic nitrogens is 2. The van der Waals surface area contributed by atoms with Gasteiger partial charge in [0.1, 0.15) is 11.2 Å². The molecule has 0 spiro atoms. The molecule has 102 valence electrons. The summed E-state index contributed by atoms with van der Waals surface area (Å²) in [5, 5.41) is 12.4. The number of carbonyl (C=O) groups excluding carboxylic acids is 1. The Labute approximate surface area is 113 Å². The topological polar surface area (TPSA) is 81.6 Å². The Morgan fingerprint density at radius 1 is 1.58 bits per heavy atom. The fourth-order valence-corrected chi connectivity index (χ4v) is 2.67. The maximum absolute atomic E-state index is 12.4. The normalized spacial score (nSPS) is 19.4. The van der Waals surface area contributed by atoms with Gasteiger partial charge in [0.05, 0.1) is 12.1 Å². The fourth-order valence-electron chi connectivity index (χ4n) is 2.67. The van der Waals surface area contributed by atoms with Crippen LogP contribution in [-0.4, -0.2) is 15.9 Å². The number of H-pyrrole nitrogens is 1. The summed E-state index contributed by atoms with van der Waals surface area (Å²) in [5.41, 5.74) is -0.835. The molecule has 0 aromatic carbocycles. The van der Waals surface area contributed by atoms with Crippen molar-refractivity contribution in [3.8, 4) is 6.07 Å². The van der Waals surface area contributed by atoms with Crippen molar-refractivity contribution in [3.05, 3.63) is 18.2 Å². The van der Waals surface area contributed by atoms with E-state index in [0.717, 1.165) is 31.5 Å². The van der Waals surface area contributed by atoms with Crippen LogP contribution in [0.25, 0.3) is 0 Å². The highest BCUT2D eigenvalue weighted by Gasteiger charge is 2.40. The smallest absolute Gasteiger partial charge is 0.241 e. The fraction of sp³-hybridized carbons (Fsp3) is 0.643. The van der Waals surface area contributed by atoms with Crippen LogP contribution in [0.15, 0.2) is 12.4 Å². The van der Waals surface area contributed by atoms with Crippen LogP contribution in [0.1, 0.15) is 57.3 Å². The van der Waals surface area contributed by atoms with E-state index in [1.165, 1.54) is 0 Å². The first-order valence-corrected chi connectivity index (χ1v) is 6.93. The molecular weight excluding hydrogens is 240 g/mol. The standard InChI is InChI=1S/C14H20N4O/c1-2-11(12-16-8-9-17-12)18-13(19)14(10-15)6-4-3-5-7-14/h8-9,11H,2-7H2,1H3,(H,16,17)(H,18,19). The molecule has 1 atom stereocenters. The van der Waals surface area contributed by atoms with Crippen LogP contribution in [0.4, 0.5) is 0 Å². The second-order valence-electron chi connectivity index (χ2n) is 5.16. The van der Waals surface area contributed by atoms with Gasteiger partial charge in [0.15, 0.2) is 0 Å². The van der Waals surface area contributed by atoms with Gasteiger partial charge >= 0.3 is 0 Å². The first-order chi connectivity index (χ1) is 9.22. The zero-order valence-electron chi connectivity index (χ0n) is 11.3. The quantitative estimate of drug-likeness (QED) is 0.872. The second kappa shape index (κ2) is 5.87. The summed E-state index contributed by atoms with van der Waals surface area (Å²) in [6, 6.07) is 2.11. The van der Waals surface area contributed by atoms with Gasteiger partial charge in [-0.25, -0.2) is 4.98 Å². The number of hydrogen-bond acceptors (Lipinski definition) is 3. The molecule has 1 unspecified atom stereocenters. The summed E-state index contributed by atoms with van der Waals surface area (Å²) in [6.07, 6.45) is 8.54. The van der Waals surface area contributed by atoms with Crippen LogP contribution < -0.4 is 5.32 Å². The summed E-state index contributed by atoms with van der Waals surface area (Å²) >= 11 is 0. The summed E-state index contributed by atoms with van der Waals surface area (Å²) in [4.78, 5) is 19.6. The van der Waals surface area contributed by atoms with E-state index in [2.05, 4.69) is 21.4 Å². The number of rotatable bonds is 4. The van der Waals surface area contributed by atoms with Gasteiger partial charge in [0.25, 0.3) is 0 Å². The molecule has 0 saturated heterocycles. The minimum absolute atomic E-state index is 0.141. The Morgan fingerprint density at radius 3 is 2.84 bits per heavy atom. The van der Waals surface area contributed by atoms with E-state index in [9.17, 15) is 10.1 Å². The Morgan fingerprint density at radius 2 is 2.32 bits per heavy atom. The molecule has 0 radical (unpaired) electrons. The van der Waals surface area contributed by atoms with Crippen molar-refractivity contribution < 1.29 is 4.79 Å². The molecule has 1 aliphatic rings. The van der Waals surface area contributed by atoms with Crippen molar-refractivity contribution in [1.82, 2.24) is 15.3 Å². The molecular formula is C14H20N4O. The zero-order chi connectivity index (χ0) is 13.7. The van der Waals surface area contributed by atoms with Gasteiger partial charge in [-0.2, -0.15) is 5.26 Å². The third-order valence-electron chi connectivity index (χ3n) is 3.92. The van der Waals surface area contributed by atoms with Gasteiger partial charge in [0, 0.05) is 12.4 Å². The third kappa shape index (κ3) is 2.78. The van der Waals surface area contributed by atoms with Crippen molar-refractivity contribution in [3.63, 3.8) is 0 Å². The first kappa shape index (κ1) is 13.6. The van der Waals surface area contributed by atoms with Gasteiger partial charge in [-0.3, -0.25) is 4.79 Å².